The Bertz CT molecular complexity index is 814. The molecular formula is C22H24F4. The molecule has 0 aliphatic carbocycles. The van der Waals surface area contributed by atoms with Gasteiger partial charge in [-0.1, -0.05) is 30.4 Å². The zero-order chi connectivity index (χ0) is 19.5. The molecule has 0 atom stereocenters. The van der Waals surface area contributed by atoms with E-state index in [2.05, 4.69) is 0 Å². The average molecular weight is 364 g/mol. The van der Waals surface area contributed by atoms with E-state index in [1.54, 1.807) is 19.1 Å². The summed E-state index contributed by atoms with van der Waals surface area (Å²) < 4.78 is 53.3. The van der Waals surface area contributed by atoms with Crippen LogP contribution in [0.25, 0.3) is 0 Å². The summed E-state index contributed by atoms with van der Waals surface area (Å²) in [4.78, 5) is 0. The Hall–Kier alpha value is -2.10. The molecule has 26 heavy (non-hydrogen) atoms. The van der Waals surface area contributed by atoms with E-state index in [9.17, 15) is 17.6 Å². The molecule has 0 amide bonds. The van der Waals surface area contributed by atoms with Gasteiger partial charge in [-0.25, -0.2) is 4.39 Å². The Morgan fingerprint density at radius 2 is 1.54 bits per heavy atom. The molecule has 2 aromatic rings. The fraction of sp³-hybridized carbons (Fsp3) is 0.364. The summed E-state index contributed by atoms with van der Waals surface area (Å²) in [6, 6.07) is 6.52. The van der Waals surface area contributed by atoms with Gasteiger partial charge in [-0.3, -0.25) is 0 Å². The summed E-state index contributed by atoms with van der Waals surface area (Å²) in [5, 5.41) is 0. The van der Waals surface area contributed by atoms with Crippen LogP contribution in [0.2, 0.25) is 0 Å². The smallest absolute Gasteiger partial charge is 0.206 e. The van der Waals surface area contributed by atoms with E-state index >= 15 is 0 Å². The van der Waals surface area contributed by atoms with E-state index < -0.39 is 11.7 Å². The molecule has 0 heterocycles. The van der Waals surface area contributed by atoms with Gasteiger partial charge < -0.3 is 0 Å². The molecule has 0 spiro atoms. The van der Waals surface area contributed by atoms with Crippen LogP contribution in [0.1, 0.15) is 45.4 Å². The van der Waals surface area contributed by atoms with Crippen LogP contribution in [0.4, 0.5) is 17.6 Å². The second kappa shape index (κ2) is 8.07. The Balaban J connectivity index is 2.02. The number of benzene rings is 2. The van der Waals surface area contributed by atoms with Crippen molar-refractivity contribution < 1.29 is 17.6 Å². The van der Waals surface area contributed by atoms with Crippen LogP contribution in [0.15, 0.2) is 36.4 Å². The quantitative estimate of drug-likeness (QED) is 0.404. The van der Waals surface area contributed by atoms with E-state index in [-0.39, 0.29) is 11.4 Å². The highest BCUT2D eigenvalue weighted by molar-refractivity contribution is 5.39. The van der Waals surface area contributed by atoms with Crippen LogP contribution in [0, 0.1) is 33.5 Å². The lowest BCUT2D eigenvalue weighted by Crippen LogP contribution is -2.09. The van der Waals surface area contributed by atoms with Crippen molar-refractivity contribution in [2.75, 3.05) is 0 Å². The van der Waals surface area contributed by atoms with Gasteiger partial charge in [-0.2, -0.15) is 13.2 Å². The summed E-state index contributed by atoms with van der Waals surface area (Å²) in [5.74, 6) is -0.164. The second-order valence-corrected chi connectivity index (χ2v) is 6.79. The van der Waals surface area contributed by atoms with Crippen molar-refractivity contribution in [3.63, 3.8) is 0 Å². The van der Waals surface area contributed by atoms with Crippen LogP contribution >= 0.6 is 0 Å². The minimum Gasteiger partial charge on any atom is -0.206 e. The number of rotatable bonds is 5. The number of alkyl halides is 3. The number of halogens is 4. The Kier molecular flexibility index (Phi) is 6.27. The standard InChI is InChI=1S/C22H24F4/c1-14-10-11-18(21(23)17(14)4)8-6-5-7-9-19-13-20(22(24,25)26)16(3)12-15(19)2/h5,7,10-13H,6,8-9H2,1-4H3/b7-5+. The lowest BCUT2D eigenvalue weighted by atomic mass is 9.97. The molecule has 0 fully saturated rings. The van der Waals surface area contributed by atoms with Crippen molar-refractivity contribution in [2.24, 2.45) is 0 Å². The SMILES string of the molecule is Cc1cc(C)c(C(F)(F)F)cc1C/C=C/CCc1ccc(C)c(C)c1F. The van der Waals surface area contributed by atoms with Crippen molar-refractivity contribution in [1.82, 2.24) is 0 Å². The van der Waals surface area contributed by atoms with Gasteiger partial charge in [0.2, 0.25) is 0 Å². The average Bonchev–Trinajstić information content (AvgIpc) is 2.54. The predicted molar refractivity (Wildman–Crippen MR) is 98.0 cm³/mol. The molecular weight excluding hydrogens is 340 g/mol. The molecule has 2 rings (SSSR count). The number of hydrogen-bond donors (Lipinski definition) is 0. The van der Waals surface area contributed by atoms with Crippen LogP contribution in [-0.4, -0.2) is 0 Å². The lowest BCUT2D eigenvalue weighted by molar-refractivity contribution is -0.138. The third-order valence-corrected chi connectivity index (χ3v) is 4.81. The van der Waals surface area contributed by atoms with E-state index in [4.69, 9.17) is 0 Å². The van der Waals surface area contributed by atoms with Crippen LogP contribution in [-0.2, 0) is 19.0 Å². The molecule has 0 unspecified atom stereocenters. The molecule has 0 aliphatic heterocycles. The van der Waals surface area contributed by atoms with Crippen LogP contribution < -0.4 is 0 Å². The fourth-order valence-corrected chi connectivity index (χ4v) is 3.02. The Labute approximate surface area is 152 Å². The molecule has 4 heteroatoms. The Morgan fingerprint density at radius 1 is 0.846 bits per heavy atom. The van der Waals surface area contributed by atoms with Crippen LogP contribution in [0.5, 0.6) is 0 Å². The molecule has 0 radical (unpaired) electrons. The number of hydrogen-bond acceptors (Lipinski definition) is 0. The minimum atomic E-state index is -4.34. The predicted octanol–water partition coefficient (Wildman–Crippen LogP) is 6.81. The topological polar surface area (TPSA) is 0 Å². The van der Waals surface area contributed by atoms with Gasteiger partial charge in [0.05, 0.1) is 5.56 Å². The van der Waals surface area contributed by atoms with Gasteiger partial charge in [0.1, 0.15) is 5.82 Å². The maximum absolute atomic E-state index is 14.2. The maximum Gasteiger partial charge on any atom is 0.416 e. The lowest BCUT2D eigenvalue weighted by Gasteiger charge is -2.14. The molecule has 0 bridgehead atoms. The summed E-state index contributed by atoms with van der Waals surface area (Å²) in [7, 11) is 0. The van der Waals surface area contributed by atoms with Gasteiger partial charge >= 0.3 is 6.18 Å². The van der Waals surface area contributed by atoms with Crippen molar-refractivity contribution in [3.05, 3.63) is 81.2 Å². The minimum absolute atomic E-state index is 0.164. The first-order valence-corrected chi connectivity index (χ1v) is 8.68. The highest BCUT2D eigenvalue weighted by Gasteiger charge is 2.32. The van der Waals surface area contributed by atoms with Gasteiger partial charge in [-0.05, 0) is 86.4 Å². The molecule has 2 aromatic carbocycles. The van der Waals surface area contributed by atoms with E-state index in [0.717, 1.165) is 11.1 Å². The van der Waals surface area contributed by atoms with Crippen LogP contribution in [0.3, 0.4) is 0 Å². The molecule has 0 saturated heterocycles. The highest BCUT2D eigenvalue weighted by atomic mass is 19.4. The third kappa shape index (κ3) is 4.75. The van der Waals surface area contributed by atoms with Crippen molar-refractivity contribution >= 4 is 0 Å². The normalized spacial score (nSPS) is 12.2. The van der Waals surface area contributed by atoms with Gasteiger partial charge in [-0.15, -0.1) is 0 Å². The molecule has 0 nitrogen and oxygen atoms in total. The highest BCUT2D eigenvalue weighted by Crippen LogP contribution is 2.33. The number of aryl methyl sites for hydroxylation is 4. The largest absolute Gasteiger partial charge is 0.416 e. The zero-order valence-corrected chi connectivity index (χ0v) is 15.6. The van der Waals surface area contributed by atoms with Crippen molar-refractivity contribution in [1.29, 1.82) is 0 Å². The molecule has 140 valence electrons. The summed E-state index contributed by atoms with van der Waals surface area (Å²) in [6.45, 7) is 6.94. The third-order valence-electron chi connectivity index (χ3n) is 4.81. The molecule has 0 aromatic heterocycles. The first kappa shape index (κ1) is 20.2. The van der Waals surface area contributed by atoms with Crippen molar-refractivity contribution in [2.45, 2.75) is 53.1 Å². The summed E-state index contributed by atoms with van der Waals surface area (Å²) >= 11 is 0. The summed E-state index contributed by atoms with van der Waals surface area (Å²) in [6.07, 6.45) is 1.08. The maximum atomic E-state index is 14.2. The Morgan fingerprint density at radius 3 is 2.19 bits per heavy atom. The fourth-order valence-electron chi connectivity index (χ4n) is 3.02. The molecule has 0 aliphatic rings. The number of allylic oxidation sites excluding steroid dienone is 2. The van der Waals surface area contributed by atoms with Crippen molar-refractivity contribution in [3.8, 4) is 0 Å². The van der Waals surface area contributed by atoms with Gasteiger partial charge in [0, 0.05) is 0 Å². The van der Waals surface area contributed by atoms with E-state index in [1.807, 2.05) is 32.1 Å². The van der Waals surface area contributed by atoms with E-state index in [0.29, 0.717) is 36.0 Å². The van der Waals surface area contributed by atoms with E-state index in [1.165, 1.54) is 13.0 Å². The first-order chi connectivity index (χ1) is 12.1. The van der Waals surface area contributed by atoms with Gasteiger partial charge in [0.15, 0.2) is 0 Å². The second-order valence-electron chi connectivity index (χ2n) is 6.79. The van der Waals surface area contributed by atoms with Gasteiger partial charge in [0.25, 0.3) is 0 Å². The molecule has 0 saturated carbocycles. The zero-order valence-electron chi connectivity index (χ0n) is 15.6. The molecule has 0 N–H and O–H groups in total. The summed E-state index contributed by atoms with van der Waals surface area (Å²) in [5.41, 5.74) is 3.44. The first-order valence-electron chi connectivity index (χ1n) is 8.68. The monoisotopic (exact) mass is 364 g/mol.